The molecule has 0 aliphatic carbocycles. The average molecular weight is 409 g/mol. The van der Waals surface area contributed by atoms with Crippen molar-refractivity contribution < 1.29 is 14.7 Å². The van der Waals surface area contributed by atoms with Crippen molar-refractivity contribution in [1.29, 1.82) is 0 Å². The van der Waals surface area contributed by atoms with E-state index in [0.717, 1.165) is 15.6 Å². The number of halogens is 1. The van der Waals surface area contributed by atoms with Crippen molar-refractivity contribution in [2.75, 3.05) is 13.4 Å². The molecule has 0 saturated carbocycles. The molecule has 2 aromatic rings. The predicted molar refractivity (Wildman–Crippen MR) is 111 cm³/mol. The van der Waals surface area contributed by atoms with Gasteiger partial charge in [0, 0.05) is 16.3 Å². The molecule has 1 N–H and O–H groups in total. The molecular formula is C18H17ClN2O3S2. The van der Waals surface area contributed by atoms with Gasteiger partial charge in [-0.3, -0.25) is 0 Å². The highest BCUT2D eigenvalue weighted by Gasteiger charge is 2.17. The van der Waals surface area contributed by atoms with Gasteiger partial charge in [-0.25, -0.2) is 9.79 Å². The number of carboxylic acid groups (broad SMARTS) is 1. The van der Waals surface area contributed by atoms with E-state index in [2.05, 4.69) is 15.0 Å². The first-order valence-electron chi connectivity index (χ1n) is 7.49. The van der Waals surface area contributed by atoms with Gasteiger partial charge in [0.2, 0.25) is 0 Å². The fourth-order valence-corrected chi connectivity index (χ4v) is 3.74. The first-order chi connectivity index (χ1) is 12.5. The summed E-state index contributed by atoms with van der Waals surface area (Å²) in [6, 6.07) is 14.5. The number of aliphatic carboxylic acids is 1. The van der Waals surface area contributed by atoms with Gasteiger partial charge in [-0.2, -0.15) is 0 Å². The third kappa shape index (κ3) is 5.79. The minimum absolute atomic E-state index is 0.121. The molecule has 0 aliphatic rings. The summed E-state index contributed by atoms with van der Waals surface area (Å²) >= 11 is 8.95. The van der Waals surface area contributed by atoms with Gasteiger partial charge in [0.05, 0.1) is 5.69 Å². The molecule has 2 rings (SSSR count). The first-order valence-corrected chi connectivity index (χ1v) is 10.1. The van der Waals surface area contributed by atoms with E-state index < -0.39 is 5.97 Å². The van der Waals surface area contributed by atoms with Gasteiger partial charge < -0.3 is 9.94 Å². The quantitative estimate of drug-likeness (QED) is 0.411. The second-order valence-corrected chi connectivity index (χ2v) is 7.39. The molecule has 2 aromatic carbocycles. The van der Waals surface area contributed by atoms with Crippen LogP contribution in [0.4, 0.5) is 5.69 Å². The summed E-state index contributed by atoms with van der Waals surface area (Å²) in [4.78, 5) is 20.7. The van der Waals surface area contributed by atoms with Crippen molar-refractivity contribution in [3.8, 4) is 0 Å². The normalized spacial score (nSPS) is 12.1. The Labute approximate surface area is 165 Å². The Hall–Kier alpha value is -1.96. The maximum Gasteiger partial charge on any atom is 0.358 e. The molecule has 0 saturated heterocycles. The molecule has 0 aliphatic heterocycles. The number of benzene rings is 2. The molecular weight excluding hydrogens is 392 g/mol. The fourth-order valence-electron chi connectivity index (χ4n) is 2.07. The number of carboxylic acids is 1. The Bertz CT molecular complexity index is 823. The molecule has 26 heavy (non-hydrogen) atoms. The monoisotopic (exact) mass is 408 g/mol. The Morgan fingerprint density at radius 2 is 1.88 bits per heavy atom. The molecule has 0 aromatic heterocycles. The summed E-state index contributed by atoms with van der Waals surface area (Å²) in [6.07, 6.45) is 1.95. The summed E-state index contributed by atoms with van der Waals surface area (Å²) < 4.78 is 0.864. The van der Waals surface area contributed by atoms with Crippen LogP contribution in [-0.4, -0.2) is 34.5 Å². The lowest BCUT2D eigenvalue weighted by Crippen LogP contribution is -2.16. The van der Waals surface area contributed by atoms with Crippen LogP contribution in [0.1, 0.15) is 11.1 Å². The van der Waals surface area contributed by atoms with Crippen molar-refractivity contribution in [2.24, 2.45) is 10.1 Å². The number of carbonyl (C=O) groups is 1. The van der Waals surface area contributed by atoms with Gasteiger partial charge in [0.15, 0.2) is 5.71 Å². The topological polar surface area (TPSA) is 71.2 Å². The van der Waals surface area contributed by atoms with E-state index in [-0.39, 0.29) is 5.71 Å². The number of rotatable bonds is 6. The zero-order valence-corrected chi connectivity index (χ0v) is 16.6. The maximum atomic E-state index is 11.4. The van der Waals surface area contributed by atoms with Crippen molar-refractivity contribution in [3.05, 3.63) is 64.7 Å². The molecule has 0 fully saturated rings. The Balaban J connectivity index is 2.21. The van der Waals surface area contributed by atoms with E-state index in [1.54, 1.807) is 24.3 Å². The Kier molecular flexibility index (Phi) is 8.03. The molecule has 0 unspecified atom stereocenters. The smallest absolute Gasteiger partial charge is 0.358 e. The Morgan fingerprint density at radius 3 is 2.50 bits per heavy atom. The fraction of sp³-hybridized carbons (Fsp3) is 0.167. The van der Waals surface area contributed by atoms with Crippen molar-refractivity contribution in [1.82, 2.24) is 0 Å². The molecule has 0 amide bonds. The van der Waals surface area contributed by atoms with Crippen LogP contribution in [0.15, 0.2) is 58.7 Å². The SMILES string of the molecule is CO/N=C(\C(=O)O)c1ccccc1CSC(=Nc1ccc(Cl)cc1)SC. The third-order valence-corrected chi connectivity index (χ3v) is 5.57. The van der Waals surface area contributed by atoms with Gasteiger partial charge in [-0.05, 0) is 36.1 Å². The van der Waals surface area contributed by atoms with E-state index >= 15 is 0 Å². The largest absolute Gasteiger partial charge is 0.476 e. The predicted octanol–water partition coefficient (Wildman–Crippen LogP) is 5.06. The first kappa shape index (κ1) is 20.4. The van der Waals surface area contributed by atoms with Crippen LogP contribution in [0.5, 0.6) is 0 Å². The molecule has 0 radical (unpaired) electrons. The highest BCUT2D eigenvalue weighted by atomic mass is 35.5. The number of oxime groups is 1. The van der Waals surface area contributed by atoms with E-state index in [1.807, 2.05) is 30.5 Å². The van der Waals surface area contributed by atoms with Gasteiger partial charge in [-0.15, -0.1) is 11.8 Å². The maximum absolute atomic E-state index is 11.4. The van der Waals surface area contributed by atoms with Crippen LogP contribution in [-0.2, 0) is 15.4 Å². The highest BCUT2D eigenvalue weighted by Crippen LogP contribution is 2.26. The minimum Gasteiger partial charge on any atom is -0.476 e. The molecule has 0 spiro atoms. The van der Waals surface area contributed by atoms with Crippen LogP contribution in [0, 0.1) is 0 Å². The summed E-state index contributed by atoms with van der Waals surface area (Å²) in [6.45, 7) is 0. The van der Waals surface area contributed by atoms with Crippen molar-refractivity contribution in [2.45, 2.75) is 5.75 Å². The zero-order chi connectivity index (χ0) is 18.9. The van der Waals surface area contributed by atoms with Crippen LogP contribution in [0.2, 0.25) is 5.02 Å². The summed E-state index contributed by atoms with van der Waals surface area (Å²) in [5.41, 5.74) is 2.06. The standard InChI is InChI=1S/C18H17ClN2O3S2/c1-24-21-16(17(22)23)15-6-4-3-5-12(15)11-26-18(25-2)20-14-9-7-13(19)8-10-14/h3-10H,11H2,1-2H3,(H,22,23)/b20-18?,21-16-. The third-order valence-electron chi connectivity index (χ3n) is 3.23. The average Bonchev–Trinajstić information content (AvgIpc) is 2.65. The zero-order valence-electron chi connectivity index (χ0n) is 14.2. The number of hydrogen-bond acceptors (Lipinski definition) is 6. The second-order valence-electron chi connectivity index (χ2n) is 4.93. The van der Waals surface area contributed by atoms with Crippen LogP contribution in [0.3, 0.4) is 0 Å². The van der Waals surface area contributed by atoms with Crippen molar-refractivity contribution >= 4 is 56.9 Å². The molecule has 0 bridgehead atoms. The lowest BCUT2D eigenvalue weighted by Gasteiger charge is -2.09. The van der Waals surface area contributed by atoms with Crippen molar-refractivity contribution in [3.63, 3.8) is 0 Å². The molecule has 0 heterocycles. The summed E-state index contributed by atoms with van der Waals surface area (Å²) in [5.74, 6) is -0.580. The molecule has 5 nitrogen and oxygen atoms in total. The molecule has 8 heteroatoms. The Morgan fingerprint density at radius 1 is 1.19 bits per heavy atom. The van der Waals surface area contributed by atoms with Crippen LogP contribution < -0.4 is 0 Å². The van der Waals surface area contributed by atoms with Gasteiger partial charge in [0.1, 0.15) is 11.5 Å². The molecule has 0 atom stereocenters. The van der Waals surface area contributed by atoms with E-state index in [0.29, 0.717) is 16.3 Å². The summed E-state index contributed by atoms with van der Waals surface area (Å²) in [5, 5.41) is 13.7. The molecule has 136 valence electrons. The number of aliphatic imine (C=N–C) groups is 1. The highest BCUT2D eigenvalue weighted by molar-refractivity contribution is 8.38. The van der Waals surface area contributed by atoms with Crippen LogP contribution in [0.25, 0.3) is 0 Å². The lowest BCUT2D eigenvalue weighted by molar-refractivity contribution is -0.129. The van der Waals surface area contributed by atoms with E-state index in [4.69, 9.17) is 11.6 Å². The summed E-state index contributed by atoms with van der Waals surface area (Å²) in [7, 11) is 1.32. The second kappa shape index (κ2) is 10.3. The minimum atomic E-state index is -1.13. The van der Waals surface area contributed by atoms with Crippen LogP contribution >= 0.6 is 35.1 Å². The van der Waals surface area contributed by atoms with Gasteiger partial charge >= 0.3 is 5.97 Å². The number of nitrogens with zero attached hydrogens (tertiary/aromatic N) is 2. The van der Waals surface area contributed by atoms with Gasteiger partial charge in [-0.1, -0.05) is 52.8 Å². The number of thioether (sulfide) groups is 2. The van der Waals surface area contributed by atoms with E-state index in [9.17, 15) is 9.90 Å². The van der Waals surface area contributed by atoms with Gasteiger partial charge in [0.25, 0.3) is 0 Å². The van der Waals surface area contributed by atoms with E-state index in [1.165, 1.54) is 30.6 Å². The number of hydrogen-bond donors (Lipinski definition) is 1. The lowest BCUT2D eigenvalue weighted by atomic mass is 10.0.